The van der Waals surface area contributed by atoms with E-state index < -0.39 is 6.23 Å². The Labute approximate surface area is 198 Å². The van der Waals surface area contributed by atoms with E-state index in [9.17, 15) is 4.79 Å². The number of thioether (sulfide) groups is 1. The molecule has 1 atom stereocenters. The molecule has 0 radical (unpaired) electrons. The molecule has 0 saturated heterocycles. The quantitative estimate of drug-likeness (QED) is 0.445. The number of amides is 1. The predicted molar refractivity (Wildman–Crippen MR) is 130 cm³/mol. The number of benzene rings is 2. The van der Waals surface area contributed by atoms with Gasteiger partial charge >= 0.3 is 0 Å². The van der Waals surface area contributed by atoms with E-state index in [4.69, 9.17) is 9.47 Å². The van der Waals surface area contributed by atoms with Crippen LogP contribution in [0.3, 0.4) is 0 Å². The smallest absolute Gasteiger partial charge is 0.247 e. The van der Waals surface area contributed by atoms with E-state index in [1.165, 1.54) is 18.7 Å². The van der Waals surface area contributed by atoms with Gasteiger partial charge in [0.05, 0.1) is 11.8 Å². The molecule has 0 unspecified atom stereocenters. The van der Waals surface area contributed by atoms with Crippen molar-refractivity contribution < 1.29 is 14.3 Å². The maximum atomic E-state index is 12.9. The Kier molecular flexibility index (Phi) is 6.83. The topological polar surface area (TPSA) is 77.4 Å². The van der Waals surface area contributed by atoms with Crippen LogP contribution >= 0.6 is 11.8 Å². The van der Waals surface area contributed by atoms with Crippen LogP contribution in [0, 0.1) is 5.92 Å². The van der Waals surface area contributed by atoms with E-state index in [0.717, 1.165) is 22.6 Å². The Morgan fingerprint density at radius 1 is 1.09 bits per heavy atom. The van der Waals surface area contributed by atoms with Crippen LogP contribution in [-0.4, -0.2) is 32.9 Å². The van der Waals surface area contributed by atoms with E-state index in [-0.39, 0.29) is 12.0 Å². The van der Waals surface area contributed by atoms with Gasteiger partial charge < -0.3 is 9.47 Å². The SMILES string of the molecule is CC(=O)N1c2ccccc2-c2nnc(SCC(C)C)nc2O[C@H]1c1ccc(OC(C)C)cc1. The third-order valence-corrected chi connectivity index (χ3v) is 6.20. The summed E-state index contributed by atoms with van der Waals surface area (Å²) >= 11 is 1.54. The van der Waals surface area contributed by atoms with Gasteiger partial charge in [0.1, 0.15) is 5.75 Å². The van der Waals surface area contributed by atoms with Crippen LogP contribution in [0.5, 0.6) is 11.6 Å². The highest BCUT2D eigenvalue weighted by atomic mass is 32.2. The summed E-state index contributed by atoms with van der Waals surface area (Å²) < 4.78 is 12.2. The van der Waals surface area contributed by atoms with Crippen LogP contribution in [0.4, 0.5) is 5.69 Å². The molecule has 0 fully saturated rings. The predicted octanol–water partition coefficient (Wildman–Crippen LogP) is 5.52. The van der Waals surface area contributed by atoms with Crippen molar-refractivity contribution >= 4 is 23.4 Å². The van der Waals surface area contributed by atoms with Crippen molar-refractivity contribution in [1.29, 1.82) is 0 Å². The van der Waals surface area contributed by atoms with Gasteiger partial charge in [0.25, 0.3) is 0 Å². The lowest BCUT2D eigenvalue weighted by Crippen LogP contribution is -2.36. The molecule has 1 aromatic heterocycles. The van der Waals surface area contributed by atoms with E-state index in [0.29, 0.717) is 28.3 Å². The first-order valence-corrected chi connectivity index (χ1v) is 12.0. The van der Waals surface area contributed by atoms with Crippen LogP contribution in [0.2, 0.25) is 0 Å². The summed E-state index contributed by atoms with van der Waals surface area (Å²) in [6, 6.07) is 15.2. The molecule has 7 nitrogen and oxygen atoms in total. The molecule has 0 saturated carbocycles. The summed E-state index contributed by atoms with van der Waals surface area (Å²) in [6.07, 6.45) is -0.639. The van der Waals surface area contributed by atoms with E-state index in [1.54, 1.807) is 4.90 Å². The molecule has 33 heavy (non-hydrogen) atoms. The van der Waals surface area contributed by atoms with E-state index in [2.05, 4.69) is 29.0 Å². The number of carbonyl (C=O) groups excluding carboxylic acids is 1. The molecule has 8 heteroatoms. The highest BCUT2D eigenvalue weighted by Gasteiger charge is 2.34. The summed E-state index contributed by atoms with van der Waals surface area (Å²) in [6.45, 7) is 9.78. The molecule has 0 N–H and O–H groups in total. The second-order valence-corrected chi connectivity index (χ2v) is 9.55. The third kappa shape index (κ3) is 5.11. The van der Waals surface area contributed by atoms with Crippen molar-refractivity contribution in [2.75, 3.05) is 10.7 Å². The Morgan fingerprint density at radius 3 is 2.48 bits per heavy atom. The largest absolute Gasteiger partial charge is 0.491 e. The third-order valence-electron chi connectivity index (χ3n) is 4.93. The van der Waals surface area contributed by atoms with Crippen molar-refractivity contribution in [3.63, 3.8) is 0 Å². The molecule has 0 bridgehead atoms. The van der Waals surface area contributed by atoms with Gasteiger partial charge in [0.2, 0.25) is 23.2 Å². The van der Waals surface area contributed by atoms with Crippen molar-refractivity contribution in [2.24, 2.45) is 5.92 Å². The molecule has 1 aliphatic heterocycles. The fraction of sp³-hybridized carbons (Fsp3) is 0.360. The lowest BCUT2D eigenvalue weighted by atomic mass is 10.1. The zero-order valence-electron chi connectivity index (χ0n) is 19.5. The number of para-hydroxylation sites is 1. The Bertz CT molecular complexity index is 1130. The minimum atomic E-state index is -0.711. The molecule has 0 aliphatic carbocycles. The summed E-state index contributed by atoms with van der Waals surface area (Å²) in [7, 11) is 0. The molecule has 2 heterocycles. The molecule has 4 rings (SSSR count). The van der Waals surface area contributed by atoms with Crippen LogP contribution in [-0.2, 0) is 4.79 Å². The summed E-state index contributed by atoms with van der Waals surface area (Å²) in [5, 5.41) is 9.32. The van der Waals surface area contributed by atoms with Gasteiger partial charge in [-0.15, -0.1) is 10.2 Å². The van der Waals surface area contributed by atoms with Gasteiger partial charge in [-0.2, -0.15) is 4.98 Å². The summed E-state index contributed by atoms with van der Waals surface area (Å²) in [5.41, 5.74) is 2.78. The first-order chi connectivity index (χ1) is 15.8. The molecular weight excluding hydrogens is 436 g/mol. The van der Waals surface area contributed by atoms with Crippen LogP contribution < -0.4 is 14.4 Å². The number of nitrogens with zero attached hydrogens (tertiary/aromatic N) is 4. The Morgan fingerprint density at radius 2 is 1.82 bits per heavy atom. The van der Waals surface area contributed by atoms with Crippen molar-refractivity contribution in [2.45, 2.75) is 52.1 Å². The number of ether oxygens (including phenoxy) is 2. The van der Waals surface area contributed by atoms with Crippen LogP contribution in [0.1, 0.15) is 46.4 Å². The molecule has 1 amide bonds. The lowest BCUT2D eigenvalue weighted by molar-refractivity contribution is -0.118. The summed E-state index contributed by atoms with van der Waals surface area (Å²) in [5.74, 6) is 2.34. The number of rotatable bonds is 6. The zero-order chi connectivity index (χ0) is 23.5. The molecule has 0 spiro atoms. The average Bonchev–Trinajstić information content (AvgIpc) is 2.92. The molecule has 172 valence electrons. The number of anilines is 1. The van der Waals surface area contributed by atoms with E-state index in [1.807, 2.05) is 62.4 Å². The minimum Gasteiger partial charge on any atom is -0.491 e. The second kappa shape index (κ2) is 9.79. The fourth-order valence-corrected chi connectivity index (χ4v) is 4.28. The lowest BCUT2D eigenvalue weighted by Gasteiger charge is -2.30. The zero-order valence-corrected chi connectivity index (χ0v) is 20.3. The van der Waals surface area contributed by atoms with Gasteiger partial charge in [-0.1, -0.05) is 43.8 Å². The molecule has 1 aliphatic rings. The number of fused-ring (bicyclic) bond motifs is 3. The number of carbonyl (C=O) groups is 1. The first kappa shape index (κ1) is 23.0. The number of hydrogen-bond donors (Lipinski definition) is 0. The Balaban J connectivity index is 1.80. The first-order valence-electron chi connectivity index (χ1n) is 11.0. The van der Waals surface area contributed by atoms with Crippen molar-refractivity contribution in [3.8, 4) is 22.9 Å². The molecular formula is C25H28N4O3S. The standard InChI is InChI=1S/C25H28N4O3S/c1-15(2)14-33-25-26-23-22(27-28-25)20-8-6-7-9-21(20)29(17(5)30)24(32-23)18-10-12-19(13-11-18)31-16(3)4/h6-13,15-16,24H,14H2,1-5H3/t24-/m0/s1. The van der Waals surface area contributed by atoms with Gasteiger partial charge in [-0.25, -0.2) is 0 Å². The van der Waals surface area contributed by atoms with Gasteiger partial charge in [-0.05, 0) is 50.1 Å². The van der Waals surface area contributed by atoms with Gasteiger partial charge in [-0.3, -0.25) is 9.69 Å². The highest BCUT2D eigenvalue weighted by molar-refractivity contribution is 7.99. The summed E-state index contributed by atoms with van der Waals surface area (Å²) in [4.78, 5) is 19.2. The minimum absolute atomic E-state index is 0.0713. The van der Waals surface area contributed by atoms with Crippen molar-refractivity contribution in [1.82, 2.24) is 15.2 Å². The maximum Gasteiger partial charge on any atom is 0.247 e. The highest BCUT2D eigenvalue weighted by Crippen LogP contribution is 2.43. The van der Waals surface area contributed by atoms with Gasteiger partial charge in [0, 0.05) is 23.8 Å². The number of aromatic nitrogens is 3. The van der Waals surface area contributed by atoms with E-state index >= 15 is 0 Å². The van der Waals surface area contributed by atoms with Gasteiger partial charge in [0.15, 0.2) is 5.69 Å². The fourth-order valence-electron chi connectivity index (χ4n) is 3.56. The maximum absolute atomic E-state index is 12.9. The molecule has 3 aromatic rings. The number of hydrogen-bond acceptors (Lipinski definition) is 7. The van der Waals surface area contributed by atoms with Crippen LogP contribution in [0.25, 0.3) is 11.3 Å². The average molecular weight is 465 g/mol. The molecule has 2 aromatic carbocycles. The Hall–Kier alpha value is -3.13. The normalized spacial score (nSPS) is 15.0. The van der Waals surface area contributed by atoms with Crippen LogP contribution in [0.15, 0.2) is 53.7 Å². The monoisotopic (exact) mass is 464 g/mol. The van der Waals surface area contributed by atoms with Crippen molar-refractivity contribution in [3.05, 3.63) is 54.1 Å². The second-order valence-electron chi connectivity index (χ2n) is 8.57.